The monoisotopic (exact) mass is 152 g/mol. The molecule has 1 aromatic rings. The van der Waals surface area contributed by atoms with Crippen LogP contribution in [-0.4, -0.2) is 9.78 Å². The third-order valence-corrected chi connectivity index (χ3v) is 1.88. The van der Waals surface area contributed by atoms with Crippen LogP contribution in [-0.2, 0) is 6.42 Å². The highest BCUT2D eigenvalue weighted by atomic mass is 15.3. The maximum atomic E-state index is 4.44. The summed E-state index contributed by atoms with van der Waals surface area (Å²) in [7, 11) is 0. The summed E-state index contributed by atoms with van der Waals surface area (Å²) in [5, 5.41) is 4.44. The lowest BCUT2D eigenvalue weighted by molar-refractivity contribution is 0.527. The molecule has 0 saturated heterocycles. The fourth-order valence-corrected chi connectivity index (χ4v) is 1.13. The van der Waals surface area contributed by atoms with Crippen LogP contribution < -0.4 is 0 Å². The Balaban J connectivity index is 2.95. The average Bonchev–Trinajstić information content (AvgIpc) is 2.31. The van der Waals surface area contributed by atoms with Crippen LogP contribution in [0.15, 0.2) is 6.20 Å². The molecule has 0 saturated carbocycles. The molecule has 1 aromatic heterocycles. The van der Waals surface area contributed by atoms with Gasteiger partial charge in [-0.2, -0.15) is 5.10 Å². The molecule has 1 rings (SSSR count). The lowest BCUT2D eigenvalue weighted by atomic mass is 10.2. The molecule has 0 spiro atoms. The van der Waals surface area contributed by atoms with Crippen LogP contribution >= 0.6 is 0 Å². The summed E-state index contributed by atoms with van der Waals surface area (Å²) in [6.45, 7) is 8.54. The fraction of sp³-hybridized carbons (Fsp3) is 0.667. The van der Waals surface area contributed by atoms with Gasteiger partial charge in [-0.05, 0) is 32.8 Å². The van der Waals surface area contributed by atoms with E-state index in [9.17, 15) is 0 Å². The van der Waals surface area contributed by atoms with Crippen molar-refractivity contribution in [3.05, 3.63) is 17.5 Å². The minimum absolute atomic E-state index is 0.481. The van der Waals surface area contributed by atoms with Crippen molar-refractivity contribution in [1.29, 1.82) is 0 Å². The molecule has 0 N–H and O–H groups in total. The lowest BCUT2D eigenvalue weighted by Crippen LogP contribution is -2.01. The summed E-state index contributed by atoms with van der Waals surface area (Å²) < 4.78 is 2.02. The predicted octanol–water partition coefficient (Wildman–Crippen LogP) is 2.33. The quantitative estimate of drug-likeness (QED) is 0.636. The zero-order chi connectivity index (χ0) is 8.43. The standard InChI is InChI=1S/C9H16N2/c1-5-9-8(4)6-11(10-9)7(2)3/h6-7H,5H2,1-4H3. The van der Waals surface area contributed by atoms with Crippen molar-refractivity contribution < 1.29 is 0 Å². The number of hydrogen-bond acceptors (Lipinski definition) is 1. The number of aromatic nitrogens is 2. The minimum atomic E-state index is 0.481. The van der Waals surface area contributed by atoms with Crippen LogP contribution in [0, 0.1) is 6.92 Å². The van der Waals surface area contributed by atoms with E-state index in [1.807, 2.05) is 4.68 Å². The number of nitrogens with zero attached hydrogens (tertiary/aromatic N) is 2. The largest absolute Gasteiger partial charge is 0.270 e. The van der Waals surface area contributed by atoms with Gasteiger partial charge in [-0.1, -0.05) is 6.92 Å². The van der Waals surface area contributed by atoms with E-state index in [2.05, 4.69) is 39.0 Å². The summed E-state index contributed by atoms with van der Waals surface area (Å²) in [5.74, 6) is 0. The SMILES string of the molecule is CCc1nn(C(C)C)cc1C. The molecule has 0 aliphatic rings. The van der Waals surface area contributed by atoms with Crippen molar-refractivity contribution in [2.75, 3.05) is 0 Å². The van der Waals surface area contributed by atoms with Gasteiger partial charge in [0.1, 0.15) is 0 Å². The van der Waals surface area contributed by atoms with Crippen LogP contribution in [0.5, 0.6) is 0 Å². The van der Waals surface area contributed by atoms with Gasteiger partial charge in [0.15, 0.2) is 0 Å². The summed E-state index contributed by atoms with van der Waals surface area (Å²) in [6.07, 6.45) is 3.15. The minimum Gasteiger partial charge on any atom is -0.270 e. The first kappa shape index (κ1) is 8.31. The van der Waals surface area contributed by atoms with Gasteiger partial charge in [-0.3, -0.25) is 4.68 Å². The first-order valence-corrected chi connectivity index (χ1v) is 4.19. The molecule has 0 atom stereocenters. The molecule has 0 amide bonds. The van der Waals surface area contributed by atoms with Crippen LogP contribution in [0.2, 0.25) is 0 Å². The molecule has 11 heavy (non-hydrogen) atoms. The molecule has 1 heterocycles. The Morgan fingerprint density at radius 2 is 2.18 bits per heavy atom. The lowest BCUT2D eigenvalue weighted by Gasteiger charge is -2.02. The Labute approximate surface area is 68.2 Å². The van der Waals surface area contributed by atoms with E-state index in [4.69, 9.17) is 0 Å². The van der Waals surface area contributed by atoms with Crippen LogP contribution in [0.3, 0.4) is 0 Å². The second kappa shape index (κ2) is 3.07. The summed E-state index contributed by atoms with van der Waals surface area (Å²) in [4.78, 5) is 0. The van der Waals surface area contributed by atoms with Crippen LogP contribution in [0.25, 0.3) is 0 Å². The Hall–Kier alpha value is -0.790. The van der Waals surface area contributed by atoms with Crippen molar-refractivity contribution in [2.45, 2.75) is 40.2 Å². The molecule has 0 aliphatic heterocycles. The van der Waals surface area contributed by atoms with Gasteiger partial charge in [0, 0.05) is 12.2 Å². The highest BCUT2D eigenvalue weighted by molar-refractivity contribution is 5.14. The smallest absolute Gasteiger partial charge is 0.0651 e. The third-order valence-electron chi connectivity index (χ3n) is 1.88. The second-order valence-electron chi connectivity index (χ2n) is 3.19. The van der Waals surface area contributed by atoms with Crippen molar-refractivity contribution >= 4 is 0 Å². The Kier molecular flexibility index (Phi) is 2.32. The average molecular weight is 152 g/mol. The molecule has 0 radical (unpaired) electrons. The molecular weight excluding hydrogens is 136 g/mol. The van der Waals surface area contributed by atoms with Crippen molar-refractivity contribution in [2.24, 2.45) is 0 Å². The fourth-order valence-electron chi connectivity index (χ4n) is 1.13. The summed E-state index contributed by atoms with van der Waals surface area (Å²) in [5.41, 5.74) is 2.53. The van der Waals surface area contributed by atoms with Gasteiger partial charge < -0.3 is 0 Å². The first-order chi connectivity index (χ1) is 5.15. The van der Waals surface area contributed by atoms with Gasteiger partial charge >= 0.3 is 0 Å². The van der Waals surface area contributed by atoms with Crippen molar-refractivity contribution in [1.82, 2.24) is 9.78 Å². The van der Waals surface area contributed by atoms with E-state index in [1.54, 1.807) is 0 Å². The molecule has 0 aromatic carbocycles. The van der Waals surface area contributed by atoms with E-state index in [1.165, 1.54) is 11.3 Å². The zero-order valence-electron chi connectivity index (χ0n) is 7.76. The van der Waals surface area contributed by atoms with Gasteiger partial charge in [0.2, 0.25) is 0 Å². The Morgan fingerprint density at radius 1 is 1.55 bits per heavy atom. The Morgan fingerprint density at radius 3 is 2.45 bits per heavy atom. The van der Waals surface area contributed by atoms with E-state index < -0.39 is 0 Å². The van der Waals surface area contributed by atoms with E-state index in [0.29, 0.717) is 6.04 Å². The van der Waals surface area contributed by atoms with Crippen LogP contribution in [0.4, 0.5) is 0 Å². The maximum absolute atomic E-state index is 4.44. The van der Waals surface area contributed by atoms with Gasteiger partial charge in [0.25, 0.3) is 0 Å². The molecular formula is C9H16N2. The highest BCUT2D eigenvalue weighted by Crippen LogP contribution is 2.09. The number of rotatable bonds is 2. The van der Waals surface area contributed by atoms with Gasteiger partial charge in [-0.25, -0.2) is 0 Å². The highest BCUT2D eigenvalue weighted by Gasteiger charge is 2.03. The molecule has 0 bridgehead atoms. The van der Waals surface area contributed by atoms with Gasteiger partial charge in [-0.15, -0.1) is 0 Å². The van der Waals surface area contributed by atoms with Crippen LogP contribution in [0.1, 0.15) is 38.1 Å². The summed E-state index contributed by atoms with van der Waals surface area (Å²) in [6, 6.07) is 0.481. The van der Waals surface area contributed by atoms with Gasteiger partial charge in [0.05, 0.1) is 5.69 Å². The number of aryl methyl sites for hydroxylation is 2. The third kappa shape index (κ3) is 1.62. The molecule has 0 aliphatic carbocycles. The van der Waals surface area contributed by atoms with E-state index in [-0.39, 0.29) is 0 Å². The molecule has 0 fully saturated rings. The second-order valence-corrected chi connectivity index (χ2v) is 3.19. The normalized spacial score (nSPS) is 11.0. The molecule has 0 unspecified atom stereocenters. The summed E-state index contributed by atoms with van der Waals surface area (Å²) >= 11 is 0. The van der Waals surface area contributed by atoms with Crippen molar-refractivity contribution in [3.63, 3.8) is 0 Å². The molecule has 62 valence electrons. The molecule has 2 nitrogen and oxygen atoms in total. The number of hydrogen-bond donors (Lipinski definition) is 0. The zero-order valence-corrected chi connectivity index (χ0v) is 7.76. The van der Waals surface area contributed by atoms with E-state index >= 15 is 0 Å². The maximum Gasteiger partial charge on any atom is 0.0651 e. The van der Waals surface area contributed by atoms with Crippen molar-refractivity contribution in [3.8, 4) is 0 Å². The van der Waals surface area contributed by atoms with E-state index in [0.717, 1.165) is 6.42 Å². The Bertz CT molecular complexity index is 236. The molecule has 2 heteroatoms. The predicted molar refractivity (Wildman–Crippen MR) is 46.7 cm³/mol. The topological polar surface area (TPSA) is 17.8 Å². The first-order valence-electron chi connectivity index (χ1n) is 4.19.